The van der Waals surface area contributed by atoms with Crippen molar-refractivity contribution in [3.05, 3.63) is 54.5 Å². The summed E-state index contributed by atoms with van der Waals surface area (Å²) in [4.78, 5) is 23.9. The lowest BCUT2D eigenvalue weighted by atomic mass is 10.1. The number of benzene rings is 1. The van der Waals surface area contributed by atoms with Crippen molar-refractivity contribution < 1.29 is 4.79 Å². The summed E-state index contributed by atoms with van der Waals surface area (Å²) < 4.78 is 1.98. The Morgan fingerprint density at radius 2 is 2.04 bits per heavy atom. The largest absolute Gasteiger partial charge is 0.351 e. The summed E-state index contributed by atoms with van der Waals surface area (Å²) in [6.45, 7) is 1.44. The van der Waals surface area contributed by atoms with Crippen LogP contribution in [0.25, 0.3) is 16.9 Å². The number of para-hydroxylation sites is 2. The van der Waals surface area contributed by atoms with Crippen molar-refractivity contribution in [2.45, 2.75) is 38.3 Å². The second-order valence-corrected chi connectivity index (χ2v) is 7.15. The monoisotopic (exact) mass is 363 g/mol. The lowest BCUT2D eigenvalue weighted by molar-refractivity contribution is -0.126. The van der Waals surface area contributed by atoms with Gasteiger partial charge in [0.25, 0.3) is 0 Å². The lowest BCUT2D eigenvalue weighted by Gasteiger charge is -2.24. The molecule has 0 radical (unpaired) electrons. The number of carbonyl (C=O) groups is 1. The maximum atomic E-state index is 12.8. The molecule has 1 amide bonds. The van der Waals surface area contributed by atoms with Gasteiger partial charge in [-0.15, -0.1) is 0 Å². The number of likely N-dealkylation sites (tertiary alicyclic amines) is 1. The highest BCUT2D eigenvalue weighted by Crippen LogP contribution is 2.20. The van der Waals surface area contributed by atoms with Crippen molar-refractivity contribution in [2.75, 3.05) is 13.6 Å². The highest BCUT2D eigenvalue weighted by molar-refractivity contribution is 5.82. The Labute approximate surface area is 159 Å². The minimum atomic E-state index is -0.0401. The highest BCUT2D eigenvalue weighted by atomic mass is 16.2. The molecule has 6 heteroatoms. The van der Waals surface area contributed by atoms with E-state index in [1.807, 2.05) is 48.0 Å². The molecule has 0 saturated carbocycles. The molecule has 140 valence electrons. The molecule has 6 nitrogen and oxygen atoms in total. The number of aromatic nitrogens is 3. The molecule has 0 aliphatic carbocycles. The smallest absolute Gasteiger partial charge is 0.237 e. The van der Waals surface area contributed by atoms with Crippen LogP contribution in [0, 0.1) is 0 Å². The quantitative estimate of drug-likeness (QED) is 0.774. The number of fused-ring (bicyclic) bond motifs is 1. The second-order valence-electron chi connectivity index (χ2n) is 7.15. The van der Waals surface area contributed by atoms with Gasteiger partial charge in [0, 0.05) is 18.3 Å². The van der Waals surface area contributed by atoms with Crippen LogP contribution in [0.15, 0.2) is 48.9 Å². The molecule has 3 heterocycles. The lowest BCUT2D eigenvalue weighted by Crippen LogP contribution is -2.44. The Morgan fingerprint density at radius 3 is 2.96 bits per heavy atom. The molecule has 1 atom stereocenters. The van der Waals surface area contributed by atoms with Gasteiger partial charge in [0.05, 0.1) is 17.1 Å². The van der Waals surface area contributed by atoms with E-state index >= 15 is 0 Å². The maximum absolute atomic E-state index is 12.8. The predicted molar refractivity (Wildman–Crippen MR) is 106 cm³/mol. The van der Waals surface area contributed by atoms with Crippen LogP contribution in [0.3, 0.4) is 0 Å². The number of nitrogens with one attached hydrogen (secondary N) is 1. The first-order valence-corrected chi connectivity index (χ1v) is 9.58. The highest BCUT2D eigenvalue weighted by Gasteiger charge is 2.24. The number of carbonyl (C=O) groups excluding carboxylic acids is 1. The van der Waals surface area contributed by atoms with Gasteiger partial charge in [-0.2, -0.15) is 0 Å². The van der Waals surface area contributed by atoms with Crippen LogP contribution in [-0.4, -0.2) is 45.0 Å². The Balaban J connectivity index is 1.54. The van der Waals surface area contributed by atoms with Gasteiger partial charge in [-0.25, -0.2) is 9.97 Å². The average Bonchev–Trinajstić information content (AvgIpc) is 3.01. The zero-order valence-electron chi connectivity index (χ0n) is 15.6. The molecule has 0 spiro atoms. The van der Waals surface area contributed by atoms with Crippen LogP contribution in [0.1, 0.15) is 31.2 Å². The molecule has 1 aliphatic heterocycles. The van der Waals surface area contributed by atoms with E-state index in [0.717, 1.165) is 41.8 Å². The molecule has 0 bridgehead atoms. The zero-order chi connectivity index (χ0) is 18.6. The molecule has 4 rings (SSSR count). The van der Waals surface area contributed by atoms with Crippen molar-refractivity contribution >= 4 is 16.9 Å². The predicted octanol–water partition coefficient (Wildman–Crippen LogP) is 2.91. The van der Waals surface area contributed by atoms with Crippen LogP contribution in [0.4, 0.5) is 0 Å². The average molecular weight is 363 g/mol. The molecule has 1 saturated heterocycles. The van der Waals surface area contributed by atoms with Crippen LogP contribution < -0.4 is 5.32 Å². The number of amides is 1. The van der Waals surface area contributed by atoms with E-state index in [1.165, 1.54) is 12.8 Å². The first kappa shape index (κ1) is 17.7. The number of hydrogen-bond acceptors (Lipinski definition) is 4. The molecule has 1 aromatic carbocycles. The van der Waals surface area contributed by atoms with E-state index in [0.29, 0.717) is 6.54 Å². The number of pyridine rings is 1. The Kier molecular flexibility index (Phi) is 5.16. The van der Waals surface area contributed by atoms with Gasteiger partial charge in [-0.3, -0.25) is 14.3 Å². The first-order chi connectivity index (χ1) is 13.2. The van der Waals surface area contributed by atoms with Crippen molar-refractivity contribution in [1.29, 1.82) is 0 Å². The SMILES string of the molecule is CN1CCCCCC1C(=O)NCc1cccnc1-n1cnc2ccccc21. The molecule has 1 N–H and O–H groups in total. The summed E-state index contributed by atoms with van der Waals surface area (Å²) in [5.41, 5.74) is 2.91. The Hall–Kier alpha value is -2.73. The summed E-state index contributed by atoms with van der Waals surface area (Å²) in [7, 11) is 2.04. The van der Waals surface area contributed by atoms with Crippen molar-refractivity contribution in [3.63, 3.8) is 0 Å². The molecular weight excluding hydrogens is 338 g/mol. The molecule has 3 aromatic rings. The maximum Gasteiger partial charge on any atom is 0.237 e. The first-order valence-electron chi connectivity index (χ1n) is 9.58. The normalized spacial score (nSPS) is 18.3. The van der Waals surface area contributed by atoms with E-state index in [9.17, 15) is 4.79 Å². The van der Waals surface area contributed by atoms with Gasteiger partial charge in [0.2, 0.25) is 5.91 Å². The van der Waals surface area contributed by atoms with E-state index in [1.54, 1.807) is 12.5 Å². The number of likely N-dealkylation sites (N-methyl/N-ethyl adjacent to an activating group) is 1. The molecule has 1 aliphatic rings. The van der Waals surface area contributed by atoms with Gasteiger partial charge in [-0.1, -0.05) is 31.0 Å². The summed E-state index contributed by atoms with van der Waals surface area (Å²) in [5, 5.41) is 3.12. The fraction of sp³-hybridized carbons (Fsp3) is 0.381. The van der Waals surface area contributed by atoms with Gasteiger partial charge in [0.15, 0.2) is 0 Å². The van der Waals surface area contributed by atoms with Crippen LogP contribution in [-0.2, 0) is 11.3 Å². The molecular formula is C21H25N5O. The van der Waals surface area contributed by atoms with Gasteiger partial charge < -0.3 is 5.32 Å². The van der Waals surface area contributed by atoms with Gasteiger partial charge in [0.1, 0.15) is 12.1 Å². The molecule has 1 fully saturated rings. The number of imidazole rings is 1. The third-order valence-corrected chi connectivity index (χ3v) is 5.33. The van der Waals surface area contributed by atoms with Crippen LogP contribution in [0.5, 0.6) is 0 Å². The van der Waals surface area contributed by atoms with E-state index < -0.39 is 0 Å². The Bertz CT molecular complexity index is 935. The van der Waals surface area contributed by atoms with Crippen molar-refractivity contribution in [2.24, 2.45) is 0 Å². The number of rotatable bonds is 4. The summed E-state index contributed by atoms with van der Waals surface area (Å²) in [5.74, 6) is 0.908. The second kappa shape index (κ2) is 7.88. The number of hydrogen-bond donors (Lipinski definition) is 1. The number of nitrogens with zero attached hydrogens (tertiary/aromatic N) is 4. The van der Waals surface area contributed by atoms with Gasteiger partial charge >= 0.3 is 0 Å². The van der Waals surface area contributed by atoms with Crippen molar-refractivity contribution in [3.8, 4) is 5.82 Å². The minimum Gasteiger partial charge on any atom is -0.351 e. The molecule has 1 unspecified atom stereocenters. The van der Waals surface area contributed by atoms with Crippen LogP contribution >= 0.6 is 0 Å². The van der Waals surface area contributed by atoms with E-state index in [4.69, 9.17) is 0 Å². The summed E-state index contributed by atoms with van der Waals surface area (Å²) >= 11 is 0. The summed E-state index contributed by atoms with van der Waals surface area (Å²) in [6.07, 6.45) is 7.97. The van der Waals surface area contributed by atoms with E-state index in [2.05, 4.69) is 20.2 Å². The van der Waals surface area contributed by atoms with Crippen molar-refractivity contribution in [1.82, 2.24) is 24.8 Å². The summed E-state index contributed by atoms with van der Waals surface area (Å²) in [6, 6.07) is 11.9. The third kappa shape index (κ3) is 3.71. The molecule has 2 aromatic heterocycles. The fourth-order valence-corrected chi connectivity index (χ4v) is 3.80. The third-order valence-electron chi connectivity index (χ3n) is 5.33. The molecule has 27 heavy (non-hydrogen) atoms. The fourth-order valence-electron chi connectivity index (χ4n) is 3.80. The standard InChI is InChI=1S/C21H25N5O/c1-25-13-6-2-3-11-19(25)21(27)23-14-16-8-7-12-22-20(16)26-15-24-17-9-4-5-10-18(17)26/h4-5,7-10,12,15,19H,2-3,6,11,13-14H2,1H3,(H,23,27). The van der Waals surface area contributed by atoms with E-state index in [-0.39, 0.29) is 11.9 Å². The van der Waals surface area contributed by atoms with Crippen LogP contribution in [0.2, 0.25) is 0 Å². The minimum absolute atomic E-state index is 0.0401. The topological polar surface area (TPSA) is 63.1 Å². The van der Waals surface area contributed by atoms with Gasteiger partial charge in [-0.05, 0) is 44.6 Å². The zero-order valence-corrected chi connectivity index (χ0v) is 15.6. The Morgan fingerprint density at radius 1 is 1.15 bits per heavy atom.